The molecule has 4 nitrogen and oxygen atoms in total. The van der Waals surface area contributed by atoms with Crippen molar-refractivity contribution in [3.05, 3.63) is 53.9 Å². The van der Waals surface area contributed by atoms with Crippen LogP contribution in [0.15, 0.2) is 46.9 Å². The fraction of sp³-hybridized carbons (Fsp3) is 0.200. The van der Waals surface area contributed by atoms with Crippen molar-refractivity contribution < 1.29 is 4.42 Å². The fourth-order valence-corrected chi connectivity index (χ4v) is 2.17. The highest BCUT2D eigenvalue weighted by Crippen LogP contribution is 2.21. The van der Waals surface area contributed by atoms with Crippen LogP contribution in [0.4, 0.5) is 6.01 Å². The molecule has 1 N–H and O–H groups in total. The highest BCUT2D eigenvalue weighted by atomic mass is 35.5. The number of nitrogens with one attached hydrogen (secondary N) is 1. The maximum absolute atomic E-state index is 5.89. The normalized spacial score (nSPS) is 12.5. The molecule has 1 unspecified atom stereocenters. The molecule has 0 amide bonds. The zero-order chi connectivity index (χ0) is 13.9. The van der Waals surface area contributed by atoms with Crippen molar-refractivity contribution in [3.8, 4) is 0 Å². The second-order valence-corrected chi connectivity index (χ2v) is 5.21. The maximum Gasteiger partial charge on any atom is 0.315 e. The van der Waals surface area contributed by atoms with Gasteiger partial charge in [-0.1, -0.05) is 47.6 Å². The summed E-state index contributed by atoms with van der Waals surface area (Å²) in [5, 5.41) is 13.1. The molecule has 0 saturated carbocycles. The van der Waals surface area contributed by atoms with Crippen molar-refractivity contribution in [2.45, 2.75) is 18.8 Å². The highest BCUT2D eigenvalue weighted by Gasteiger charge is 2.10. The molecule has 2 aromatic carbocycles. The Bertz CT molecular complexity index is 718. The minimum absolute atomic E-state index is 0.282. The van der Waals surface area contributed by atoms with Crippen molar-refractivity contribution in [3.63, 3.8) is 0 Å². The number of alkyl halides is 1. The van der Waals surface area contributed by atoms with E-state index in [4.69, 9.17) is 16.0 Å². The van der Waals surface area contributed by atoms with Gasteiger partial charge in [0.25, 0.3) is 0 Å². The van der Waals surface area contributed by atoms with Crippen molar-refractivity contribution in [2.75, 3.05) is 5.32 Å². The van der Waals surface area contributed by atoms with Crippen LogP contribution < -0.4 is 5.32 Å². The zero-order valence-corrected chi connectivity index (χ0v) is 11.8. The third-order valence-electron chi connectivity index (χ3n) is 3.09. The standard InChI is InChI=1S/C15H14ClN3O/c1-10(16)14-18-19-15(20-14)17-9-12-7-4-6-11-5-2-3-8-13(11)12/h2-8,10H,9H2,1H3,(H,17,19). The largest absolute Gasteiger partial charge is 0.406 e. The van der Waals surface area contributed by atoms with E-state index < -0.39 is 0 Å². The Morgan fingerprint density at radius 1 is 1.15 bits per heavy atom. The molecule has 0 aliphatic heterocycles. The molecule has 0 fully saturated rings. The summed E-state index contributed by atoms with van der Waals surface area (Å²) in [7, 11) is 0. The maximum atomic E-state index is 5.89. The van der Waals surface area contributed by atoms with Gasteiger partial charge in [0.05, 0.1) is 0 Å². The smallest absolute Gasteiger partial charge is 0.315 e. The summed E-state index contributed by atoms with van der Waals surface area (Å²) < 4.78 is 5.41. The summed E-state index contributed by atoms with van der Waals surface area (Å²) in [6.07, 6.45) is 0. The lowest BCUT2D eigenvalue weighted by molar-refractivity contribution is 0.506. The van der Waals surface area contributed by atoms with Crippen molar-refractivity contribution >= 4 is 28.4 Å². The van der Waals surface area contributed by atoms with Crippen LogP contribution in [0.5, 0.6) is 0 Å². The van der Waals surface area contributed by atoms with Crippen LogP contribution in [0.25, 0.3) is 10.8 Å². The van der Waals surface area contributed by atoms with E-state index in [1.165, 1.54) is 16.3 Å². The van der Waals surface area contributed by atoms with Crippen LogP contribution in [-0.2, 0) is 6.54 Å². The van der Waals surface area contributed by atoms with E-state index in [0.717, 1.165) is 0 Å². The molecule has 3 aromatic rings. The number of nitrogens with zero attached hydrogens (tertiary/aromatic N) is 2. The van der Waals surface area contributed by atoms with Gasteiger partial charge in [0.2, 0.25) is 5.89 Å². The number of rotatable bonds is 4. The number of halogens is 1. The van der Waals surface area contributed by atoms with Gasteiger partial charge in [0, 0.05) is 6.54 Å². The Labute approximate surface area is 121 Å². The third kappa shape index (κ3) is 2.60. The first kappa shape index (κ1) is 12.9. The molecule has 0 aliphatic rings. The van der Waals surface area contributed by atoms with Gasteiger partial charge >= 0.3 is 6.01 Å². The van der Waals surface area contributed by atoms with Gasteiger partial charge in [0.15, 0.2) is 0 Å². The number of anilines is 1. The number of hydrogen-bond donors (Lipinski definition) is 1. The van der Waals surface area contributed by atoms with E-state index in [2.05, 4.69) is 39.8 Å². The Morgan fingerprint density at radius 2 is 1.95 bits per heavy atom. The second-order valence-electron chi connectivity index (χ2n) is 4.55. The zero-order valence-electron chi connectivity index (χ0n) is 11.0. The molecule has 20 heavy (non-hydrogen) atoms. The summed E-state index contributed by atoms with van der Waals surface area (Å²) in [4.78, 5) is 0. The van der Waals surface area contributed by atoms with Crippen LogP contribution in [0.2, 0.25) is 0 Å². The van der Waals surface area contributed by atoms with Gasteiger partial charge in [-0.2, -0.15) is 0 Å². The first-order chi connectivity index (χ1) is 9.74. The van der Waals surface area contributed by atoms with Crippen molar-refractivity contribution in [1.82, 2.24) is 10.2 Å². The van der Waals surface area contributed by atoms with Crippen molar-refractivity contribution in [2.24, 2.45) is 0 Å². The molecule has 5 heteroatoms. The lowest BCUT2D eigenvalue weighted by atomic mass is 10.0. The van der Waals surface area contributed by atoms with Gasteiger partial charge in [-0.15, -0.1) is 16.7 Å². The van der Waals surface area contributed by atoms with Crippen LogP contribution in [0, 0.1) is 0 Å². The average Bonchev–Trinajstić information content (AvgIpc) is 2.94. The first-order valence-electron chi connectivity index (χ1n) is 6.42. The SMILES string of the molecule is CC(Cl)c1nnc(NCc2cccc3ccccc23)o1. The Kier molecular flexibility index (Phi) is 3.56. The number of aromatic nitrogens is 2. The summed E-state index contributed by atoms with van der Waals surface area (Å²) in [5.74, 6) is 0.423. The molecule has 0 aliphatic carbocycles. The van der Waals surface area contributed by atoms with E-state index >= 15 is 0 Å². The Morgan fingerprint density at radius 3 is 2.75 bits per heavy atom. The first-order valence-corrected chi connectivity index (χ1v) is 6.85. The van der Waals surface area contributed by atoms with Crippen LogP contribution in [0.3, 0.4) is 0 Å². The van der Waals surface area contributed by atoms with E-state index in [1.54, 1.807) is 6.92 Å². The summed E-state index contributed by atoms with van der Waals surface area (Å²) in [5.41, 5.74) is 1.18. The predicted octanol–water partition coefficient (Wildman–Crippen LogP) is 4.13. The van der Waals surface area contributed by atoms with Gasteiger partial charge in [-0.05, 0) is 23.3 Å². The molecule has 1 atom stereocenters. The van der Waals surface area contributed by atoms with Gasteiger partial charge in [-0.3, -0.25) is 0 Å². The molecule has 0 radical (unpaired) electrons. The number of hydrogen-bond acceptors (Lipinski definition) is 4. The Balaban J connectivity index is 1.79. The lowest BCUT2D eigenvalue weighted by Gasteiger charge is -2.06. The summed E-state index contributed by atoms with van der Waals surface area (Å²) in [6, 6.07) is 14.9. The molecule has 1 aromatic heterocycles. The molecular formula is C15H14ClN3O. The third-order valence-corrected chi connectivity index (χ3v) is 3.28. The topological polar surface area (TPSA) is 51.0 Å². The molecule has 1 heterocycles. The van der Waals surface area contributed by atoms with E-state index in [9.17, 15) is 0 Å². The number of benzene rings is 2. The molecule has 0 spiro atoms. The molecular weight excluding hydrogens is 274 g/mol. The summed E-state index contributed by atoms with van der Waals surface area (Å²) >= 11 is 5.89. The molecule has 0 saturated heterocycles. The van der Waals surface area contributed by atoms with Gasteiger partial charge < -0.3 is 9.73 Å². The minimum Gasteiger partial charge on any atom is -0.406 e. The van der Waals surface area contributed by atoms with E-state index in [1.807, 2.05) is 18.2 Å². The molecule has 3 rings (SSSR count). The highest BCUT2D eigenvalue weighted by molar-refractivity contribution is 6.20. The van der Waals surface area contributed by atoms with Crippen LogP contribution in [0.1, 0.15) is 23.8 Å². The summed E-state index contributed by atoms with van der Waals surface area (Å²) in [6.45, 7) is 2.42. The van der Waals surface area contributed by atoms with Crippen LogP contribution >= 0.6 is 11.6 Å². The fourth-order valence-electron chi connectivity index (χ4n) is 2.08. The van der Waals surface area contributed by atoms with Gasteiger partial charge in [0.1, 0.15) is 5.38 Å². The van der Waals surface area contributed by atoms with Crippen molar-refractivity contribution in [1.29, 1.82) is 0 Å². The van der Waals surface area contributed by atoms with Gasteiger partial charge in [-0.25, -0.2) is 0 Å². The second kappa shape index (κ2) is 5.51. The quantitative estimate of drug-likeness (QED) is 0.733. The van der Waals surface area contributed by atoms with E-state index in [-0.39, 0.29) is 5.38 Å². The Hall–Kier alpha value is -2.07. The average molecular weight is 288 g/mol. The predicted molar refractivity (Wildman–Crippen MR) is 79.8 cm³/mol. The monoisotopic (exact) mass is 287 g/mol. The van der Waals surface area contributed by atoms with Crippen LogP contribution in [-0.4, -0.2) is 10.2 Å². The lowest BCUT2D eigenvalue weighted by Crippen LogP contribution is -2.00. The molecule has 0 bridgehead atoms. The molecule has 102 valence electrons. The number of fused-ring (bicyclic) bond motifs is 1. The van der Waals surface area contributed by atoms with E-state index in [0.29, 0.717) is 18.5 Å². The minimum atomic E-state index is -0.282.